The molecule has 0 fully saturated rings. The minimum atomic E-state index is -0.537. The maximum atomic E-state index is 10.3. The summed E-state index contributed by atoms with van der Waals surface area (Å²) in [5.74, 6) is 2.88. The van der Waals surface area contributed by atoms with E-state index in [9.17, 15) is 5.11 Å². The van der Waals surface area contributed by atoms with Gasteiger partial charge in [-0.3, -0.25) is 4.99 Å². The summed E-state index contributed by atoms with van der Waals surface area (Å²) >= 11 is 0. The van der Waals surface area contributed by atoms with E-state index >= 15 is 0 Å². The van der Waals surface area contributed by atoms with Gasteiger partial charge in [0, 0.05) is 6.54 Å². The summed E-state index contributed by atoms with van der Waals surface area (Å²) in [6.07, 6.45) is 1.81. The molecule has 0 amide bonds. The van der Waals surface area contributed by atoms with Crippen LogP contribution < -0.4 is 24.8 Å². The van der Waals surface area contributed by atoms with Crippen LogP contribution in [0.3, 0.4) is 0 Å². The topological polar surface area (TPSA) is 84.3 Å². The van der Waals surface area contributed by atoms with Crippen molar-refractivity contribution in [1.82, 2.24) is 5.32 Å². The first-order valence-electron chi connectivity index (χ1n) is 9.85. The third-order valence-corrected chi connectivity index (χ3v) is 4.70. The number of para-hydroxylation sites is 2. The fourth-order valence-electron chi connectivity index (χ4n) is 3.15. The number of ether oxygens (including phenoxy) is 3. The van der Waals surface area contributed by atoms with Crippen molar-refractivity contribution in [2.75, 3.05) is 39.2 Å². The Morgan fingerprint density at radius 2 is 1.93 bits per heavy atom. The first kappa shape index (κ1) is 20.8. The van der Waals surface area contributed by atoms with Crippen molar-refractivity contribution in [3.63, 3.8) is 0 Å². The number of aliphatic hydroxyl groups excluding tert-OH is 1. The SMILES string of the molecule is COc1ccc(CCCC(O)COc2ccccc2NC2=NCCN2)cc1OC. The number of methoxy groups -OCH3 is 2. The summed E-state index contributed by atoms with van der Waals surface area (Å²) in [5, 5.41) is 16.7. The zero-order valence-electron chi connectivity index (χ0n) is 17.0. The maximum Gasteiger partial charge on any atom is 0.196 e. The summed E-state index contributed by atoms with van der Waals surface area (Å²) < 4.78 is 16.4. The van der Waals surface area contributed by atoms with Crippen LogP contribution in [0.1, 0.15) is 18.4 Å². The number of rotatable bonds is 10. The molecule has 7 heteroatoms. The lowest BCUT2D eigenvalue weighted by molar-refractivity contribution is 0.0986. The molecule has 29 heavy (non-hydrogen) atoms. The Morgan fingerprint density at radius 3 is 2.69 bits per heavy atom. The van der Waals surface area contributed by atoms with E-state index in [1.54, 1.807) is 14.2 Å². The highest BCUT2D eigenvalue weighted by Crippen LogP contribution is 2.28. The second-order valence-electron chi connectivity index (χ2n) is 6.82. The minimum absolute atomic E-state index is 0.241. The average molecular weight is 399 g/mol. The van der Waals surface area contributed by atoms with Crippen molar-refractivity contribution in [2.45, 2.75) is 25.4 Å². The number of benzene rings is 2. The molecular formula is C22H29N3O4. The van der Waals surface area contributed by atoms with Gasteiger partial charge in [-0.15, -0.1) is 0 Å². The van der Waals surface area contributed by atoms with Gasteiger partial charge in [-0.1, -0.05) is 18.2 Å². The molecule has 2 aromatic rings. The monoisotopic (exact) mass is 399 g/mol. The number of hydrogen-bond donors (Lipinski definition) is 3. The Bertz CT molecular complexity index is 825. The molecule has 0 spiro atoms. The van der Waals surface area contributed by atoms with E-state index in [1.807, 2.05) is 42.5 Å². The van der Waals surface area contributed by atoms with Gasteiger partial charge in [-0.05, 0) is 49.1 Å². The lowest BCUT2D eigenvalue weighted by Gasteiger charge is -2.16. The number of anilines is 1. The van der Waals surface area contributed by atoms with Crippen LogP contribution in [0.15, 0.2) is 47.5 Å². The normalized spacial score (nSPS) is 14.0. The third kappa shape index (κ3) is 6.02. The van der Waals surface area contributed by atoms with Crippen LogP contribution in [0.2, 0.25) is 0 Å². The Balaban J connectivity index is 1.45. The lowest BCUT2D eigenvalue weighted by Crippen LogP contribution is -2.26. The number of guanidine groups is 1. The number of hydrogen-bond acceptors (Lipinski definition) is 7. The van der Waals surface area contributed by atoms with Crippen molar-refractivity contribution in [2.24, 2.45) is 4.99 Å². The van der Waals surface area contributed by atoms with Gasteiger partial charge in [0.2, 0.25) is 0 Å². The quantitative estimate of drug-likeness (QED) is 0.570. The van der Waals surface area contributed by atoms with Crippen molar-refractivity contribution in [3.8, 4) is 17.2 Å². The van der Waals surface area contributed by atoms with Gasteiger partial charge in [-0.2, -0.15) is 0 Å². The van der Waals surface area contributed by atoms with Crippen LogP contribution in [-0.2, 0) is 6.42 Å². The smallest absolute Gasteiger partial charge is 0.196 e. The molecule has 0 saturated carbocycles. The van der Waals surface area contributed by atoms with Crippen LogP contribution >= 0.6 is 0 Å². The van der Waals surface area contributed by atoms with Gasteiger partial charge in [-0.25, -0.2) is 0 Å². The zero-order valence-corrected chi connectivity index (χ0v) is 17.0. The lowest BCUT2D eigenvalue weighted by atomic mass is 10.1. The van der Waals surface area contributed by atoms with E-state index in [0.717, 1.165) is 54.6 Å². The Hall–Kier alpha value is -2.93. The predicted octanol–water partition coefficient (Wildman–Crippen LogP) is 2.84. The van der Waals surface area contributed by atoms with E-state index in [2.05, 4.69) is 15.6 Å². The van der Waals surface area contributed by atoms with Crippen molar-refractivity contribution < 1.29 is 19.3 Å². The molecule has 2 aromatic carbocycles. The largest absolute Gasteiger partial charge is 0.493 e. The van der Waals surface area contributed by atoms with Crippen LogP contribution in [0.4, 0.5) is 5.69 Å². The number of aliphatic hydroxyl groups is 1. The average Bonchev–Trinajstić information content (AvgIpc) is 3.26. The summed E-state index contributed by atoms with van der Waals surface area (Å²) in [6, 6.07) is 13.6. The summed E-state index contributed by atoms with van der Waals surface area (Å²) in [4.78, 5) is 4.33. The highest BCUT2D eigenvalue weighted by Gasteiger charge is 2.11. The Kier molecular flexibility index (Phi) is 7.58. The molecule has 7 nitrogen and oxygen atoms in total. The molecule has 156 valence electrons. The molecule has 3 rings (SSSR count). The second-order valence-corrected chi connectivity index (χ2v) is 6.82. The maximum absolute atomic E-state index is 10.3. The minimum Gasteiger partial charge on any atom is -0.493 e. The van der Waals surface area contributed by atoms with Gasteiger partial charge >= 0.3 is 0 Å². The molecule has 1 unspecified atom stereocenters. The van der Waals surface area contributed by atoms with Crippen LogP contribution in [0, 0.1) is 0 Å². The van der Waals surface area contributed by atoms with Gasteiger partial charge in [0.05, 0.1) is 32.6 Å². The van der Waals surface area contributed by atoms with Crippen molar-refractivity contribution in [1.29, 1.82) is 0 Å². The molecule has 0 aromatic heterocycles. The zero-order chi connectivity index (χ0) is 20.5. The van der Waals surface area contributed by atoms with Crippen LogP contribution in [0.5, 0.6) is 17.2 Å². The first-order chi connectivity index (χ1) is 14.2. The fourth-order valence-corrected chi connectivity index (χ4v) is 3.15. The van der Waals surface area contributed by atoms with Gasteiger partial charge in [0.25, 0.3) is 0 Å². The Labute approximate surface area is 171 Å². The van der Waals surface area contributed by atoms with Crippen molar-refractivity contribution in [3.05, 3.63) is 48.0 Å². The van der Waals surface area contributed by atoms with Gasteiger partial charge in [0.15, 0.2) is 17.5 Å². The van der Waals surface area contributed by atoms with Gasteiger partial charge in [0.1, 0.15) is 12.4 Å². The molecule has 1 heterocycles. The van der Waals surface area contributed by atoms with Crippen LogP contribution in [-0.4, -0.2) is 51.1 Å². The second kappa shape index (κ2) is 10.6. The standard InChI is InChI=1S/C22H29N3O4/c1-27-20-11-10-16(14-21(20)28-2)6-5-7-17(26)15-29-19-9-4-3-8-18(19)25-22-23-12-13-24-22/h3-4,8-11,14,17,26H,5-7,12-13,15H2,1-2H3,(H2,23,24,25). The summed E-state index contributed by atoms with van der Waals surface area (Å²) in [5.41, 5.74) is 1.98. The van der Waals surface area contributed by atoms with Crippen LogP contribution in [0.25, 0.3) is 0 Å². The molecule has 0 bridgehead atoms. The molecule has 0 saturated heterocycles. The first-order valence-corrected chi connectivity index (χ1v) is 9.85. The van der Waals surface area contributed by atoms with E-state index < -0.39 is 6.10 Å². The molecule has 0 radical (unpaired) electrons. The molecule has 0 aliphatic carbocycles. The van der Waals surface area contributed by atoms with Gasteiger partial charge < -0.3 is 30.0 Å². The number of nitrogens with zero attached hydrogens (tertiary/aromatic N) is 1. The summed E-state index contributed by atoms with van der Waals surface area (Å²) in [6.45, 7) is 1.85. The third-order valence-electron chi connectivity index (χ3n) is 4.70. The van der Waals surface area contributed by atoms with E-state index in [1.165, 1.54) is 0 Å². The molecular weight excluding hydrogens is 370 g/mol. The molecule has 1 atom stereocenters. The Morgan fingerprint density at radius 1 is 1.10 bits per heavy atom. The number of aryl methyl sites for hydroxylation is 1. The highest BCUT2D eigenvalue weighted by atomic mass is 16.5. The number of nitrogens with one attached hydrogen (secondary N) is 2. The molecule has 1 aliphatic heterocycles. The molecule has 3 N–H and O–H groups in total. The van der Waals surface area contributed by atoms with E-state index in [-0.39, 0.29) is 6.61 Å². The van der Waals surface area contributed by atoms with E-state index in [0.29, 0.717) is 12.2 Å². The predicted molar refractivity (Wildman–Crippen MR) is 114 cm³/mol. The molecule has 1 aliphatic rings. The number of aliphatic imine (C=N–C) groups is 1. The summed E-state index contributed by atoms with van der Waals surface area (Å²) in [7, 11) is 3.25. The fraction of sp³-hybridized carbons (Fsp3) is 0.409. The highest BCUT2D eigenvalue weighted by molar-refractivity contribution is 5.95. The van der Waals surface area contributed by atoms with E-state index in [4.69, 9.17) is 14.2 Å². The van der Waals surface area contributed by atoms with Crippen molar-refractivity contribution >= 4 is 11.6 Å².